The molecule has 0 fully saturated rings. The summed E-state index contributed by atoms with van der Waals surface area (Å²) in [5.41, 5.74) is 10.0. The number of hydrogen-bond donors (Lipinski definition) is 2. The molecule has 92 valence electrons. The van der Waals surface area contributed by atoms with Crippen LogP contribution in [0.1, 0.15) is 6.92 Å². The van der Waals surface area contributed by atoms with Gasteiger partial charge in [0, 0.05) is 0 Å². The molecule has 18 heavy (non-hydrogen) atoms. The summed E-state index contributed by atoms with van der Waals surface area (Å²) in [6, 6.07) is 14.3. The highest BCUT2D eigenvalue weighted by atomic mass is 16.5. The van der Waals surface area contributed by atoms with Crippen molar-refractivity contribution in [2.24, 2.45) is 0 Å². The van der Waals surface area contributed by atoms with Crippen molar-refractivity contribution in [1.29, 1.82) is 0 Å². The van der Waals surface area contributed by atoms with Crippen molar-refractivity contribution >= 4 is 11.4 Å². The van der Waals surface area contributed by atoms with Gasteiger partial charge in [-0.3, -0.25) is 0 Å². The molecule has 0 aliphatic carbocycles. The molecule has 0 aromatic heterocycles. The van der Waals surface area contributed by atoms with Gasteiger partial charge in [0.2, 0.25) is 0 Å². The molecule has 1 heterocycles. The standard InChI is InChI=1S/C15H16N2O/c1-10-9-17-14-8-12(7-13(16)15(14)18-10)11-5-3-2-4-6-11/h2-8,10,17H,9,16H2,1H3. The molecule has 3 rings (SSSR count). The Kier molecular flexibility index (Phi) is 2.59. The van der Waals surface area contributed by atoms with Crippen LogP contribution in [0.15, 0.2) is 42.5 Å². The number of anilines is 2. The van der Waals surface area contributed by atoms with E-state index in [1.54, 1.807) is 0 Å². The van der Waals surface area contributed by atoms with Gasteiger partial charge in [0.15, 0.2) is 5.75 Å². The molecule has 3 N–H and O–H groups in total. The van der Waals surface area contributed by atoms with E-state index in [1.165, 1.54) is 0 Å². The number of nitrogens with one attached hydrogen (secondary N) is 1. The first-order chi connectivity index (χ1) is 8.74. The minimum atomic E-state index is 0.155. The Morgan fingerprint density at radius 2 is 1.94 bits per heavy atom. The smallest absolute Gasteiger partial charge is 0.165 e. The average Bonchev–Trinajstić information content (AvgIpc) is 2.40. The highest BCUT2D eigenvalue weighted by Gasteiger charge is 2.19. The second-order valence-electron chi connectivity index (χ2n) is 4.62. The number of ether oxygens (including phenoxy) is 1. The highest BCUT2D eigenvalue weighted by molar-refractivity contribution is 5.80. The zero-order valence-corrected chi connectivity index (χ0v) is 10.3. The first kappa shape index (κ1) is 11.0. The number of rotatable bonds is 1. The lowest BCUT2D eigenvalue weighted by Crippen LogP contribution is -2.28. The van der Waals surface area contributed by atoms with Gasteiger partial charge >= 0.3 is 0 Å². The molecule has 1 aliphatic heterocycles. The quantitative estimate of drug-likeness (QED) is 0.753. The molecule has 2 aromatic carbocycles. The van der Waals surface area contributed by atoms with Crippen molar-refractivity contribution in [2.75, 3.05) is 17.6 Å². The van der Waals surface area contributed by atoms with Crippen molar-refractivity contribution in [2.45, 2.75) is 13.0 Å². The summed E-state index contributed by atoms with van der Waals surface area (Å²) in [7, 11) is 0. The minimum absolute atomic E-state index is 0.155. The average molecular weight is 240 g/mol. The molecule has 0 radical (unpaired) electrons. The zero-order valence-electron chi connectivity index (χ0n) is 10.3. The van der Waals surface area contributed by atoms with Gasteiger partial charge in [-0.25, -0.2) is 0 Å². The molecule has 1 aliphatic rings. The number of benzene rings is 2. The molecule has 0 amide bonds. The topological polar surface area (TPSA) is 47.3 Å². The molecule has 3 heteroatoms. The lowest BCUT2D eigenvalue weighted by Gasteiger charge is -2.26. The minimum Gasteiger partial charge on any atom is -0.485 e. The van der Waals surface area contributed by atoms with Crippen molar-refractivity contribution in [3.8, 4) is 16.9 Å². The molecule has 0 spiro atoms. The monoisotopic (exact) mass is 240 g/mol. The van der Waals surface area contributed by atoms with E-state index < -0.39 is 0 Å². The third-order valence-corrected chi connectivity index (χ3v) is 3.12. The van der Waals surface area contributed by atoms with E-state index in [2.05, 4.69) is 23.5 Å². The van der Waals surface area contributed by atoms with Crippen LogP contribution in [0, 0.1) is 0 Å². The Labute approximate surface area is 107 Å². The van der Waals surface area contributed by atoms with Crippen molar-refractivity contribution < 1.29 is 4.74 Å². The van der Waals surface area contributed by atoms with Crippen LogP contribution in [0.25, 0.3) is 11.1 Å². The van der Waals surface area contributed by atoms with Gasteiger partial charge in [0.25, 0.3) is 0 Å². The number of nitrogens with two attached hydrogens (primary N) is 1. The number of hydrogen-bond acceptors (Lipinski definition) is 3. The van der Waals surface area contributed by atoms with E-state index in [-0.39, 0.29) is 6.10 Å². The van der Waals surface area contributed by atoms with Crippen LogP contribution in [0.4, 0.5) is 11.4 Å². The van der Waals surface area contributed by atoms with E-state index in [4.69, 9.17) is 10.5 Å². The highest BCUT2D eigenvalue weighted by Crippen LogP contribution is 2.39. The van der Waals surface area contributed by atoms with Crippen molar-refractivity contribution in [3.05, 3.63) is 42.5 Å². The normalized spacial score (nSPS) is 17.5. The summed E-state index contributed by atoms with van der Waals surface area (Å²) in [5.74, 6) is 0.772. The van der Waals surface area contributed by atoms with Crippen molar-refractivity contribution in [1.82, 2.24) is 0 Å². The van der Waals surface area contributed by atoms with Gasteiger partial charge in [-0.1, -0.05) is 30.3 Å². The first-order valence-corrected chi connectivity index (χ1v) is 6.13. The first-order valence-electron chi connectivity index (χ1n) is 6.13. The van der Waals surface area contributed by atoms with Crippen LogP contribution < -0.4 is 15.8 Å². The molecular weight excluding hydrogens is 224 g/mol. The fraction of sp³-hybridized carbons (Fsp3) is 0.200. The van der Waals surface area contributed by atoms with Gasteiger partial charge in [0.1, 0.15) is 6.10 Å². The Morgan fingerprint density at radius 3 is 2.72 bits per heavy atom. The third-order valence-electron chi connectivity index (χ3n) is 3.12. The molecular formula is C15H16N2O. The molecule has 0 saturated carbocycles. The van der Waals surface area contributed by atoms with Gasteiger partial charge in [-0.05, 0) is 30.2 Å². The number of fused-ring (bicyclic) bond motifs is 1. The number of nitrogen functional groups attached to an aromatic ring is 1. The fourth-order valence-corrected chi connectivity index (χ4v) is 2.21. The van der Waals surface area contributed by atoms with Gasteiger partial charge in [0.05, 0.1) is 17.9 Å². The third kappa shape index (κ3) is 1.88. The molecule has 3 nitrogen and oxygen atoms in total. The van der Waals surface area contributed by atoms with E-state index in [0.29, 0.717) is 5.69 Å². The van der Waals surface area contributed by atoms with E-state index in [0.717, 1.165) is 29.1 Å². The maximum atomic E-state index is 6.08. The summed E-state index contributed by atoms with van der Waals surface area (Å²) >= 11 is 0. The van der Waals surface area contributed by atoms with Crippen molar-refractivity contribution in [3.63, 3.8) is 0 Å². The second kappa shape index (κ2) is 4.26. The van der Waals surface area contributed by atoms with Gasteiger partial charge in [-0.15, -0.1) is 0 Å². The molecule has 1 unspecified atom stereocenters. The Balaban J connectivity index is 2.07. The largest absolute Gasteiger partial charge is 0.485 e. The molecule has 1 atom stereocenters. The summed E-state index contributed by atoms with van der Waals surface area (Å²) in [5, 5.41) is 3.36. The SMILES string of the molecule is CC1CNc2cc(-c3ccccc3)cc(N)c2O1. The van der Waals surface area contributed by atoms with Crippen LogP contribution in [0.3, 0.4) is 0 Å². The van der Waals surface area contributed by atoms with Crippen LogP contribution in [0.2, 0.25) is 0 Å². The second-order valence-corrected chi connectivity index (χ2v) is 4.62. The molecule has 0 saturated heterocycles. The zero-order chi connectivity index (χ0) is 12.5. The summed E-state index contributed by atoms with van der Waals surface area (Å²) in [6.07, 6.45) is 0.155. The lowest BCUT2D eigenvalue weighted by molar-refractivity contribution is 0.227. The maximum absolute atomic E-state index is 6.08. The van der Waals surface area contributed by atoms with Gasteiger partial charge < -0.3 is 15.8 Å². The Morgan fingerprint density at radius 1 is 1.17 bits per heavy atom. The van der Waals surface area contributed by atoms with E-state index >= 15 is 0 Å². The summed E-state index contributed by atoms with van der Waals surface area (Å²) in [6.45, 7) is 2.84. The summed E-state index contributed by atoms with van der Waals surface area (Å²) < 4.78 is 5.77. The molecule has 2 aromatic rings. The Hall–Kier alpha value is -2.16. The summed E-state index contributed by atoms with van der Waals surface area (Å²) in [4.78, 5) is 0. The molecule has 0 bridgehead atoms. The lowest BCUT2D eigenvalue weighted by atomic mass is 10.0. The predicted octanol–water partition coefficient (Wildman–Crippen LogP) is 3.13. The van der Waals surface area contributed by atoms with Crippen LogP contribution in [-0.4, -0.2) is 12.6 Å². The van der Waals surface area contributed by atoms with Gasteiger partial charge in [-0.2, -0.15) is 0 Å². The fourth-order valence-electron chi connectivity index (χ4n) is 2.21. The maximum Gasteiger partial charge on any atom is 0.165 e. The van der Waals surface area contributed by atoms with Crippen LogP contribution in [0.5, 0.6) is 5.75 Å². The van der Waals surface area contributed by atoms with E-state index in [9.17, 15) is 0 Å². The van der Waals surface area contributed by atoms with E-state index in [1.807, 2.05) is 31.2 Å². The Bertz CT molecular complexity index is 566. The van der Waals surface area contributed by atoms with Crippen LogP contribution >= 0.6 is 0 Å². The predicted molar refractivity (Wildman–Crippen MR) is 74.9 cm³/mol. The van der Waals surface area contributed by atoms with Crippen LogP contribution in [-0.2, 0) is 0 Å².